The molecule has 0 aromatic heterocycles. The van der Waals surface area contributed by atoms with Crippen LogP contribution in [0, 0.1) is 0 Å². The third kappa shape index (κ3) is 2.69. The van der Waals surface area contributed by atoms with Crippen molar-refractivity contribution in [3.8, 4) is 0 Å². The van der Waals surface area contributed by atoms with Crippen LogP contribution in [0.2, 0.25) is 0 Å². The van der Waals surface area contributed by atoms with Crippen molar-refractivity contribution in [2.75, 3.05) is 6.61 Å². The minimum Gasteiger partial charge on any atom is -0.396 e. The van der Waals surface area contributed by atoms with E-state index in [-0.39, 0.29) is 0 Å². The molecule has 0 bridgehead atoms. The highest BCUT2D eigenvalue weighted by atomic mass is 16.2. The summed E-state index contributed by atoms with van der Waals surface area (Å²) in [6, 6.07) is 6.79. The van der Waals surface area contributed by atoms with Crippen molar-refractivity contribution in [1.82, 2.24) is 0 Å². The molecule has 0 radical (unpaired) electrons. The lowest BCUT2D eigenvalue weighted by atomic mass is 10.0. The number of hydrogen-bond donors (Lipinski definition) is 1. The van der Waals surface area contributed by atoms with Gasteiger partial charge in [0.2, 0.25) is 0 Å². The van der Waals surface area contributed by atoms with Crippen LogP contribution >= 0.6 is 0 Å². The van der Waals surface area contributed by atoms with Gasteiger partial charge in [-0.3, -0.25) is 0 Å². The topological polar surface area (TPSA) is 20.2 Å². The lowest BCUT2D eigenvalue weighted by molar-refractivity contribution is 0.283. The quantitative estimate of drug-likeness (QED) is 0.728. The van der Waals surface area contributed by atoms with Crippen LogP contribution in [0.25, 0.3) is 6.08 Å². The van der Waals surface area contributed by atoms with Gasteiger partial charge in [-0.25, -0.2) is 0 Å². The van der Waals surface area contributed by atoms with Gasteiger partial charge < -0.3 is 5.11 Å². The molecule has 0 atom stereocenters. The Balaban J connectivity index is 1.89. The third-order valence-electron chi connectivity index (χ3n) is 2.97. The summed E-state index contributed by atoms with van der Waals surface area (Å²) < 4.78 is 0. The minimum absolute atomic E-state index is 0.326. The Morgan fingerprint density at radius 3 is 2.93 bits per heavy atom. The van der Waals surface area contributed by atoms with E-state index in [2.05, 4.69) is 30.4 Å². The van der Waals surface area contributed by atoms with Gasteiger partial charge in [-0.05, 0) is 42.4 Å². The first-order valence-corrected chi connectivity index (χ1v) is 5.79. The number of aliphatic hydroxyl groups is 1. The number of aryl methyl sites for hydroxylation is 1. The summed E-state index contributed by atoms with van der Waals surface area (Å²) >= 11 is 0. The molecule has 0 aliphatic heterocycles. The zero-order chi connectivity index (χ0) is 10.5. The molecule has 2 rings (SSSR count). The molecule has 0 amide bonds. The highest BCUT2D eigenvalue weighted by Crippen LogP contribution is 2.21. The van der Waals surface area contributed by atoms with Crippen molar-refractivity contribution in [2.24, 2.45) is 0 Å². The molecule has 1 heteroatoms. The second-order valence-corrected chi connectivity index (χ2v) is 4.17. The van der Waals surface area contributed by atoms with E-state index in [1.165, 1.54) is 23.1 Å². The van der Waals surface area contributed by atoms with E-state index in [1.807, 2.05) is 0 Å². The lowest BCUT2D eigenvalue weighted by Gasteiger charge is -2.04. The average molecular weight is 202 g/mol. The SMILES string of the molecule is OCCCCCc1ccc2c(c1)C=CC2. The number of allylic oxidation sites excluding steroid dienone is 1. The predicted octanol–water partition coefficient (Wildman–Crippen LogP) is 2.96. The summed E-state index contributed by atoms with van der Waals surface area (Å²) in [7, 11) is 0. The fourth-order valence-corrected chi connectivity index (χ4v) is 2.07. The summed E-state index contributed by atoms with van der Waals surface area (Å²) in [6.07, 6.45) is 9.92. The number of fused-ring (bicyclic) bond motifs is 1. The third-order valence-corrected chi connectivity index (χ3v) is 2.97. The van der Waals surface area contributed by atoms with E-state index in [4.69, 9.17) is 5.11 Å². The van der Waals surface area contributed by atoms with Crippen LogP contribution in [0.4, 0.5) is 0 Å². The Bertz CT molecular complexity index is 352. The largest absolute Gasteiger partial charge is 0.396 e. The summed E-state index contributed by atoms with van der Waals surface area (Å²) in [5.41, 5.74) is 4.28. The maximum atomic E-state index is 8.68. The lowest BCUT2D eigenvalue weighted by Crippen LogP contribution is -1.90. The van der Waals surface area contributed by atoms with E-state index in [0.29, 0.717) is 6.61 Å². The molecular formula is C14H18O. The zero-order valence-electron chi connectivity index (χ0n) is 9.08. The summed E-state index contributed by atoms with van der Waals surface area (Å²) in [5.74, 6) is 0. The van der Waals surface area contributed by atoms with Crippen molar-refractivity contribution in [2.45, 2.75) is 32.1 Å². The Labute approximate surface area is 91.4 Å². The molecule has 0 spiro atoms. The number of aliphatic hydroxyl groups excluding tert-OH is 1. The van der Waals surface area contributed by atoms with Gasteiger partial charge in [-0.2, -0.15) is 0 Å². The molecule has 0 heterocycles. The second kappa shape index (κ2) is 5.13. The highest BCUT2D eigenvalue weighted by molar-refractivity contribution is 5.60. The van der Waals surface area contributed by atoms with Gasteiger partial charge in [-0.1, -0.05) is 36.8 Å². The monoisotopic (exact) mass is 202 g/mol. The molecule has 1 aliphatic carbocycles. The molecule has 1 nitrogen and oxygen atoms in total. The molecule has 0 saturated heterocycles. The second-order valence-electron chi connectivity index (χ2n) is 4.17. The molecule has 0 fully saturated rings. The first-order valence-electron chi connectivity index (χ1n) is 5.79. The Morgan fingerprint density at radius 2 is 2.07 bits per heavy atom. The van der Waals surface area contributed by atoms with E-state index in [1.54, 1.807) is 0 Å². The summed E-state index contributed by atoms with van der Waals surface area (Å²) in [6.45, 7) is 0.326. The van der Waals surface area contributed by atoms with Crippen LogP contribution in [0.3, 0.4) is 0 Å². The van der Waals surface area contributed by atoms with Crippen LogP contribution < -0.4 is 0 Å². The molecule has 1 N–H and O–H groups in total. The van der Waals surface area contributed by atoms with Crippen LogP contribution in [-0.2, 0) is 12.8 Å². The molecule has 1 aromatic carbocycles. The Kier molecular flexibility index (Phi) is 3.57. The summed E-state index contributed by atoms with van der Waals surface area (Å²) in [5, 5.41) is 8.68. The molecule has 80 valence electrons. The van der Waals surface area contributed by atoms with Crippen molar-refractivity contribution in [1.29, 1.82) is 0 Å². The Hall–Kier alpha value is -1.08. The van der Waals surface area contributed by atoms with Crippen LogP contribution in [0.1, 0.15) is 36.0 Å². The first kappa shape index (κ1) is 10.4. The highest BCUT2D eigenvalue weighted by Gasteiger charge is 2.04. The fourth-order valence-electron chi connectivity index (χ4n) is 2.07. The van der Waals surface area contributed by atoms with Gasteiger partial charge in [0.25, 0.3) is 0 Å². The van der Waals surface area contributed by atoms with Crippen molar-refractivity contribution in [3.63, 3.8) is 0 Å². The standard InChI is InChI=1S/C14H18O/c15-10-3-1-2-5-12-8-9-13-6-4-7-14(13)11-12/h4,7-9,11,15H,1-3,5-6,10H2. The van der Waals surface area contributed by atoms with Gasteiger partial charge in [0.05, 0.1) is 0 Å². The predicted molar refractivity (Wildman–Crippen MR) is 63.8 cm³/mol. The van der Waals surface area contributed by atoms with E-state index in [9.17, 15) is 0 Å². The number of unbranched alkanes of at least 4 members (excludes halogenated alkanes) is 2. The number of hydrogen-bond acceptors (Lipinski definition) is 1. The normalized spacial score (nSPS) is 13.1. The fraction of sp³-hybridized carbons (Fsp3) is 0.429. The molecule has 1 aliphatic rings. The van der Waals surface area contributed by atoms with Gasteiger partial charge >= 0.3 is 0 Å². The molecule has 0 unspecified atom stereocenters. The number of rotatable bonds is 5. The van der Waals surface area contributed by atoms with Gasteiger partial charge in [0.1, 0.15) is 0 Å². The van der Waals surface area contributed by atoms with Crippen molar-refractivity contribution < 1.29 is 5.11 Å². The van der Waals surface area contributed by atoms with E-state index in [0.717, 1.165) is 25.7 Å². The first-order chi connectivity index (χ1) is 7.40. The maximum Gasteiger partial charge on any atom is 0.0431 e. The van der Waals surface area contributed by atoms with E-state index < -0.39 is 0 Å². The van der Waals surface area contributed by atoms with Crippen molar-refractivity contribution in [3.05, 3.63) is 41.0 Å². The van der Waals surface area contributed by atoms with Gasteiger partial charge in [0, 0.05) is 6.61 Å². The zero-order valence-corrected chi connectivity index (χ0v) is 9.08. The Morgan fingerprint density at radius 1 is 1.13 bits per heavy atom. The number of benzene rings is 1. The molecule has 15 heavy (non-hydrogen) atoms. The molecule has 0 saturated carbocycles. The van der Waals surface area contributed by atoms with E-state index >= 15 is 0 Å². The van der Waals surface area contributed by atoms with Crippen molar-refractivity contribution >= 4 is 6.08 Å². The van der Waals surface area contributed by atoms with Crippen LogP contribution in [0.5, 0.6) is 0 Å². The van der Waals surface area contributed by atoms with Gasteiger partial charge in [0.15, 0.2) is 0 Å². The van der Waals surface area contributed by atoms with Crippen LogP contribution in [0.15, 0.2) is 24.3 Å². The minimum atomic E-state index is 0.326. The maximum absolute atomic E-state index is 8.68. The average Bonchev–Trinajstić information content (AvgIpc) is 2.71. The van der Waals surface area contributed by atoms with Crippen LogP contribution in [-0.4, -0.2) is 11.7 Å². The molecular weight excluding hydrogens is 184 g/mol. The molecule has 1 aromatic rings. The van der Waals surface area contributed by atoms with Gasteiger partial charge in [-0.15, -0.1) is 0 Å². The summed E-state index contributed by atoms with van der Waals surface area (Å²) in [4.78, 5) is 0. The smallest absolute Gasteiger partial charge is 0.0431 e.